The number of hydrogen-bond donors (Lipinski definition) is 2. The van der Waals surface area contributed by atoms with Crippen LogP contribution in [0.2, 0.25) is 0 Å². The maximum Gasteiger partial charge on any atom is 0.250 e. The van der Waals surface area contributed by atoms with Gasteiger partial charge in [-0.25, -0.2) is 23.1 Å². The zero-order chi connectivity index (χ0) is 13.9. The van der Waals surface area contributed by atoms with Crippen molar-refractivity contribution >= 4 is 21.4 Å². The number of nitrogens with zero attached hydrogens (tertiary/aromatic N) is 2. The van der Waals surface area contributed by atoms with Crippen LogP contribution in [0.15, 0.2) is 27.9 Å². The Kier molecular flexibility index (Phi) is 4.25. The third-order valence-electron chi connectivity index (χ3n) is 2.41. The third kappa shape index (κ3) is 3.57. The van der Waals surface area contributed by atoms with Gasteiger partial charge in [0, 0.05) is 12.7 Å². The first-order valence-electron chi connectivity index (χ1n) is 5.57. The van der Waals surface area contributed by atoms with Crippen molar-refractivity contribution in [3.63, 3.8) is 0 Å². The van der Waals surface area contributed by atoms with Gasteiger partial charge < -0.3 is 5.73 Å². The summed E-state index contributed by atoms with van der Waals surface area (Å²) < 4.78 is 26.8. The Balaban J connectivity index is 2.09. The molecular weight excluding hydrogens is 284 g/mol. The van der Waals surface area contributed by atoms with Gasteiger partial charge in [0.25, 0.3) is 0 Å². The molecule has 0 aromatic carbocycles. The molecular formula is C11H14N4O2S2. The summed E-state index contributed by atoms with van der Waals surface area (Å²) in [5, 5.41) is 1.74. The average Bonchev–Trinajstić information content (AvgIpc) is 2.86. The predicted molar refractivity (Wildman–Crippen MR) is 73.0 cm³/mol. The number of aryl methyl sites for hydroxylation is 1. The first kappa shape index (κ1) is 14.1. The molecule has 0 saturated heterocycles. The van der Waals surface area contributed by atoms with Crippen LogP contribution in [0.1, 0.15) is 17.1 Å². The Labute approximate surface area is 115 Å². The monoisotopic (exact) mass is 298 g/mol. The molecule has 0 radical (unpaired) electrons. The molecule has 6 nitrogen and oxygen atoms in total. The SMILES string of the molecule is Cc1nccc(CNS(=O)(=O)c2cc(CN)cs2)n1. The number of hydrogen-bond acceptors (Lipinski definition) is 6. The van der Waals surface area contributed by atoms with E-state index in [9.17, 15) is 8.42 Å². The molecule has 0 aliphatic heterocycles. The van der Waals surface area contributed by atoms with Crippen LogP contribution < -0.4 is 10.5 Å². The average molecular weight is 298 g/mol. The van der Waals surface area contributed by atoms with E-state index in [0.717, 1.165) is 16.9 Å². The van der Waals surface area contributed by atoms with Crippen molar-refractivity contribution in [3.05, 3.63) is 40.8 Å². The van der Waals surface area contributed by atoms with Crippen molar-refractivity contribution in [1.29, 1.82) is 0 Å². The summed E-state index contributed by atoms with van der Waals surface area (Å²) >= 11 is 1.16. The molecule has 102 valence electrons. The van der Waals surface area contributed by atoms with Crippen LogP contribution in [0.25, 0.3) is 0 Å². The van der Waals surface area contributed by atoms with Gasteiger partial charge in [-0.1, -0.05) is 0 Å². The summed E-state index contributed by atoms with van der Waals surface area (Å²) in [5.41, 5.74) is 6.90. The zero-order valence-corrected chi connectivity index (χ0v) is 12.0. The fourth-order valence-corrected chi connectivity index (χ4v) is 3.71. The lowest BCUT2D eigenvalue weighted by atomic mass is 10.4. The molecule has 2 rings (SSSR count). The van der Waals surface area contributed by atoms with Gasteiger partial charge in [0.05, 0.1) is 12.2 Å². The van der Waals surface area contributed by atoms with Crippen LogP contribution in [-0.2, 0) is 23.1 Å². The van der Waals surface area contributed by atoms with E-state index in [-0.39, 0.29) is 10.8 Å². The maximum absolute atomic E-state index is 12.0. The molecule has 0 fully saturated rings. The minimum Gasteiger partial charge on any atom is -0.326 e. The van der Waals surface area contributed by atoms with Crippen molar-refractivity contribution < 1.29 is 8.42 Å². The molecule has 0 spiro atoms. The van der Waals surface area contributed by atoms with Crippen molar-refractivity contribution in [3.8, 4) is 0 Å². The number of aromatic nitrogens is 2. The molecule has 8 heteroatoms. The second kappa shape index (κ2) is 5.74. The van der Waals surface area contributed by atoms with Crippen LogP contribution in [0.5, 0.6) is 0 Å². The van der Waals surface area contributed by atoms with E-state index in [1.54, 1.807) is 30.6 Å². The molecule has 2 aromatic heterocycles. The third-order valence-corrected chi connectivity index (χ3v) is 5.30. The molecule has 2 aromatic rings. The molecule has 0 saturated carbocycles. The zero-order valence-electron chi connectivity index (χ0n) is 10.3. The second-order valence-electron chi connectivity index (χ2n) is 3.90. The Morgan fingerprint density at radius 1 is 1.47 bits per heavy atom. The van der Waals surface area contributed by atoms with E-state index >= 15 is 0 Å². The molecule has 0 bridgehead atoms. The van der Waals surface area contributed by atoms with E-state index in [2.05, 4.69) is 14.7 Å². The molecule has 0 amide bonds. The number of thiophene rings is 1. The molecule has 3 N–H and O–H groups in total. The van der Waals surface area contributed by atoms with Crippen molar-refractivity contribution in [2.45, 2.75) is 24.2 Å². The van der Waals surface area contributed by atoms with E-state index in [4.69, 9.17) is 5.73 Å². The quantitative estimate of drug-likeness (QED) is 0.850. The predicted octanol–water partition coefficient (Wildman–Crippen LogP) is 0.784. The van der Waals surface area contributed by atoms with E-state index in [1.807, 2.05) is 0 Å². The van der Waals surface area contributed by atoms with Crippen molar-refractivity contribution in [2.75, 3.05) is 0 Å². The van der Waals surface area contributed by atoms with Gasteiger partial charge in [-0.05, 0) is 30.0 Å². The van der Waals surface area contributed by atoms with E-state index in [0.29, 0.717) is 18.1 Å². The van der Waals surface area contributed by atoms with Crippen LogP contribution in [-0.4, -0.2) is 18.4 Å². The van der Waals surface area contributed by atoms with Crippen LogP contribution in [0.4, 0.5) is 0 Å². The summed E-state index contributed by atoms with van der Waals surface area (Å²) in [7, 11) is -3.51. The highest BCUT2D eigenvalue weighted by Crippen LogP contribution is 2.19. The lowest BCUT2D eigenvalue weighted by Gasteiger charge is -2.04. The van der Waals surface area contributed by atoms with E-state index < -0.39 is 10.0 Å². The maximum atomic E-state index is 12.0. The Morgan fingerprint density at radius 2 is 2.26 bits per heavy atom. The summed E-state index contributed by atoms with van der Waals surface area (Å²) in [6.45, 7) is 2.23. The summed E-state index contributed by atoms with van der Waals surface area (Å²) in [6.07, 6.45) is 1.60. The summed E-state index contributed by atoms with van der Waals surface area (Å²) in [4.78, 5) is 8.09. The molecule has 0 unspecified atom stereocenters. The largest absolute Gasteiger partial charge is 0.326 e. The topological polar surface area (TPSA) is 98.0 Å². The van der Waals surface area contributed by atoms with Crippen LogP contribution in [0.3, 0.4) is 0 Å². The fraction of sp³-hybridized carbons (Fsp3) is 0.273. The first-order valence-corrected chi connectivity index (χ1v) is 7.93. The van der Waals surface area contributed by atoms with Crippen molar-refractivity contribution in [1.82, 2.24) is 14.7 Å². The van der Waals surface area contributed by atoms with Crippen LogP contribution >= 0.6 is 11.3 Å². The smallest absolute Gasteiger partial charge is 0.250 e. The van der Waals surface area contributed by atoms with E-state index in [1.165, 1.54) is 0 Å². The second-order valence-corrected chi connectivity index (χ2v) is 6.80. The minimum atomic E-state index is -3.51. The number of sulfonamides is 1. The Morgan fingerprint density at radius 3 is 2.89 bits per heavy atom. The number of rotatable bonds is 5. The number of nitrogens with two attached hydrogens (primary N) is 1. The Hall–Kier alpha value is -1.35. The van der Waals surface area contributed by atoms with Gasteiger partial charge in [0.2, 0.25) is 10.0 Å². The standard InChI is InChI=1S/C11H14N4O2S2/c1-8-13-3-2-10(15-8)6-14-19(16,17)11-4-9(5-12)7-18-11/h2-4,7,14H,5-6,12H2,1H3. The van der Waals surface area contributed by atoms with Gasteiger partial charge in [-0.2, -0.15) is 0 Å². The fourth-order valence-electron chi connectivity index (χ4n) is 1.44. The molecule has 2 heterocycles. The minimum absolute atomic E-state index is 0.140. The van der Waals surface area contributed by atoms with Crippen molar-refractivity contribution in [2.24, 2.45) is 5.73 Å². The lowest BCUT2D eigenvalue weighted by molar-refractivity contribution is 0.582. The molecule has 0 aliphatic rings. The highest BCUT2D eigenvalue weighted by Gasteiger charge is 2.16. The van der Waals surface area contributed by atoms with Gasteiger partial charge >= 0.3 is 0 Å². The van der Waals surface area contributed by atoms with Crippen LogP contribution in [0, 0.1) is 6.92 Å². The molecule has 0 aliphatic carbocycles. The van der Waals surface area contributed by atoms with Gasteiger partial charge in [-0.15, -0.1) is 11.3 Å². The Bertz CT molecular complexity index is 667. The highest BCUT2D eigenvalue weighted by molar-refractivity contribution is 7.91. The van der Waals surface area contributed by atoms with Gasteiger partial charge in [-0.3, -0.25) is 0 Å². The highest BCUT2D eigenvalue weighted by atomic mass is 32.2. The number of nitrogens with one attached hydrogen (secondary N) is 1. The lowest BCUT2D eigenvalue weighted by Crippen LogP contribution is -2.23. The van der Waals surface area contributed by atoms with Gasteiger partial charge in [0.15, 0.2) is 0 Å². The molecule has 0 atom stereocenters. The normalized spacial score (nSPS) is 11.7. The molecule has 19 heavy (non-hydrogen) atoms. The summed E-state index contributed by atoms with van der Waals surface area (Å²) in [6, 6.07) is 3.26. The summed E-state index contributed by atoms with van der Waals surface area (Å²) in [5.74, 6) is 0.609. The first-order chi connectivity index (χ1) is 9.01. The van der Waals surface area contributed by atoms with Gasteiger partial charge in [0.1, 0.15) is 10.0 Å².